The number of nitrogens with zero attached hydrogens (tertiary/aromatic N) is 1. The lowest BCUT2D eigenvalue weighted by molar-refractivity contribution is -0.123. The SMILES string of the molecule is CSc1ccc(/C=N/NC(=O)COc2cccc3ccccc23)cc1. The van der Waals surface area contributed by atoms with E-state index in [1.54, 1.807) is 18.0 Å². The minimum atomic E-state index is -0.301. The van der Waals surface area contributed by atoms with Crippen molar-refractivity contribution in [2.45, 2.75) is 4.90 Å². The molecular weight excluding hydrogens is 332 g/mol. The van der Waals surface area contributed by atoms with E-state index in [4.69, 9.17) is 4.74 Å². The summed E-state index contributed by atoms with van der Waals surface area (Å²) in [4.78, 5) is 13.1. The Morgan fingerprint density at radius 3 is 2.64 bits per heavy atom. The molecule has 0 saturated carbocycles. The molecule has 3 aromatic rings. The smallest absolute Gasteiger partial charge is 0.277 e. The summed E-state index contributed by atoms with van der Waals surface area (Å²) < 4.78 is 5.63. The van der Waals surface area contributed by atoms with Crippen LogP contribution in [0.25, 0.3) is 10.8 Å². The Balaban J connectivity index is 1.54. The van der Waals surface area contributed by atoms with Crippen LogP contribution in [0.15, 0.2) is 76.7 Å². The van der Waals surface area contributed by atoms with Gasteiger partial charge in [-0.05, 0) is 35.4 Å². The van der Waals surface area contributed by atoms with Crippen molar-refractivity contribution < 1.29 is 9.53 Å². The third-order valence-electron chi connectivity index (χ3n) is 3.63. The number of carbonyl (C=O) groups is 1. The molecule has 0 radical (unpaired) electrons. The average Bonchev–Trinajstić information content (AvgIpc) is 2.67. The molecular formula is C20H18N2O2S. The van der Waals surface area contributed by atoms with Gasteiger partial charge in [-0.1, -0.05) is 48.5 Å². The zero-order chi connectivity index (χ0) is 17.5. The van der Waals surface area contributed by atoms with Crippen LogP contribution in [0, 0.1) is 0 Å². The normalized spacial score (nSPS) is 10.9. The summed E-state index contributed by atoms with van der Waals surface area (Å²) in [6, 6.07) is 21.6. The molecule has 0 atom stereocenters. The maximum Gasteiger partial charge on any atom is 0.277 e. The van der Waals surface area contributed by atoms with Gasteiger partial charge in [0.2, 0.25) is 0 Å². The van der Waals surface area contributed by atoms with E-state index in [9.17, 15) is 4.79 Å². The van der Waals surface area contributed by atoms with Gasteiger partial charge in [0.15, 0.2) is 6.61 Å². The summed E-state index contributed by atoms with van der Waals surface area (Å²) in [5.74, 6) is 0.384. The maximum absolute atomic E-state index is 11.9. The van der Waals surface area contributed by atoms with Gasteiger partial charge in [0.25, 0.3) is 5.91 Å². The van der Waals surface area contributed by atoms with Gasteiger partial charge in [0.05, 0.1) is 6.21 Å². The molecule has 126 valence electrons. The molecule has 0 heterocycles. The largest absolute Gasteiger partial charge is 0.483 e. The van der Waals surface area contributed by atoms with Crippen molar-refractivity contribution in [3.05, 3.63) is 72.3 Å². The molecule has 0 bridgehead atoms. The minimum absolute atomic E-state index is 0.0865. The lowest BCUT2D eigenvalue weighted by Crippen LogP contribution is -2.24. The molecule has 0 aliphatic rings. The Kier molecular flexibility index (Phi) is 5.69. The number of rotatable bonds is 6. The second-order valence-corrected chi connectivity index (χ2v) is 6.21. The Morgan fingerprint density at radius 1 is 1.08 bits per heavy atom. The fourth-order valence-electron chi connectivity index (χ4n) is 2.37. The van der Waals surface area contributed by atoms with Gasteiger partial charge >= 0.3 is 0 Å². The first-order valence-electron chi connectivity index (χ1n) is 7.83. The first-order valence-corrected chi connectivity index (χ1v) is 9.05. The molecule has 1 amide bonds. The summed E-state index contributed by atoms with van der Waals surface area (Å²) in [6.45, 7) is -0.0865. The summed E-state index contributed by atoms with van der Waals surface area (Å²) in [7, 11) is 0. The van der Waals surface area contributed by atoms with Crippen LogP contribution < -0.4 is 10.2 Å². The molecule has 0 aromatic heterocycles. The number of hydrogen-bond acceptors (Lipinski definition) is 4. The quantitative estimate of drug-likeness (QED) is 0.414. The van der Waals surface area contributed by atoms with Crippen molar-refractivity contribution in [2.75, 3.05) is 12.9 Å². The van der Waals surface area contributed by atoms with Crippen LogP contribution >= 0.6 is 11.8 Å². The topological polar surface area (TPSA) is 50.7 Å². The first-order chi connectivity index (χ1) is 12.3. The molecule has 0 unspecified atom stereocenters. The summed E-state index contributed by atoms with van der Waals surface area (Å²) in [6.07, 6.45) is 3.64. The van der Waals surface area contributed by atoms with E-state index >= 15 is 0 Å². The number of fused-ring (bicyclic) bond motifs is 1. The molecule has 4 nitrogen and oxygen atoms in total. The Bertz CT molecular complexity index is 886. The van der Waals surface area contributed by atoms with Crippen molar-refractivity contribution in [3.63, 3.8) is 0 Å². The number of carbonyl (C=O) groups excluding carboxylic acids is 1. The Hall–Kier alpha value is -2.79. The highest BCUT2D eigenvalue weighted by molar-refractivity contribution is 7.98. The van der Waals surface area contributed by atoms with Gasteiger partial charge in [-0.15, -0.1) is 11.8 Å². The number of benzene rings is 3. The van der Waals surface area contributed by atoms with Crippen LogP contribution in [0.1, 0.15) is 5.56 Å². The van der Waals surface area contributed by atoms with Gasteiger partial charge in [-0.25, -0.2) is 5.43 Å². The van der Waals surface area contributed by atoms with Crippen molar-refractivity contribution >= 4 is 34.7 Å². The molecule has 3 aromatic carbocycles. The molecule has 1 N–H and O–H groups in total. The second-order valence-electron chi connectivity index (χ2n) is 5.33. The zero-order valence-corrected chi connectivity index (χ0v) is 14.6. The summed E-state index contributed by atoms with van der Waals surface area (Å²) in [5.41, 5.74) is 3.40. The fraction of sp³-hybridized carbons (Fsp3) is 0.100. The van der Waals surface area contributed by atoms with E-state index in [2.05, 4.69) is 10.5 Å². The van der Waals surface area contributed by atoms with Crippen LogP contribution in [0.2, 0.25) is 0 Å². The molecule has 5 heteroatoms. The highest BCUT2D eigenvalue weighted by Crippen LogP contribution is 2.24. The van der Waals surface area contributed by atoms with Crippen LogP contribution in [-0.4, -0.2) is 25.0 Å². The van der Waals surface area contributed by atoms with Gasteiger partial charge in [0, 0.05) is 10.3 Å². The van der Waals surface area contributed by atoms with Crippen molar-refractivity contribution in [3.8, 4) is 5.75 Å². The average molecular weight is 350 g/mol. The van der Waals surface area contributed by atoms with Crippen LogP contribution in [0.5, 0.6) is 5.75 Å². The molecule has 3 rings (SSSR count). The molecule has 0 spiro atoms. The van der Waals surface area contributed by atoms with E-state index in [0.29, 0.717) is 5.75 Å². The number of hydrazone groups is 1. The third kappa shape index (κ3) is 4.61. The molecule has 0 aliphatic heterocycles. The summed E-state index contributed by atoms with van der Waals surface area (Å²) in [5, 5.41) is 6.02. The van der Waals surface area contributed by atoms with E-state index in [-0.39, 0.29) is 12.5 Å². The van der Waals surface area contributed by atoms with Crippen LogP contribution in [0.3, 0.4) is 0 Å². The van der Waals surface area contributed by atoms with Crippen molar-refractivity contribution in [1.82, 2.24) is 5.43 Å². The predicted octanol–water partition coefficient (Wildman–Crippen LogP) is 4.09. The predicted molar refractivity (Wildman–Crippen MR) is 103 cm³/mol. The van der Waals surface area contributed by atoms with E-state index in [0.717, 1.165) is 16.3 Å². The maximum atomic E-state index is 11.9. The summed E-state index contributed by atoms with van der Waals surface area (Å²) >= 11 is 1.68. The highest BCUT2D eigenvalue weighted by atomic mass is 32.2. The lowest BCUT2D eigenvalue weighted by Gasteiger charge is -2.08. The van der Waals surface area contributed by atoms with Gasteiger partial charge in [-0.3, -0.25) is 4.79 Å². The molecule has 25 heavy (non-hydrogen) atoms. The minimum Gasteiger partial charge on any atom is -0.483 e. The fourth-order valence-corrected chi connectivity index (χ4v) is 2.77. The highest BCUT2D eigenvalue weighted by Gasteiger charge is 2.04. The lowest BCUT2D eigenvalue weighted by atomic mass is 10.1. The first kappa shape index (κ1) is 17.0. The number of amides is 1. The Morgan fingerprint density at radius 2 is 1.84 bits per heavy atom. The molecule has 0 fully saturated rings. The van der Waals surface area contributed by atoms with Gasteiger partial charge < -0.3 is 4.74 Å². The standard InChI is InChI=1S/C20H18N2O2S/c1-25-17-11-9-15(10-12-17)13-21-22-20(23)14-24-19-8-4-6-16-5-2-3-7-18(16)19/h2-13H,14H2,1H3,(H,22,23)/b21-13+. The van der Waals surface area contributed by atoms with Crippen LogP contribution in [-0.2, 0) is 4.79 Å². The number of nitrogens with one attached hydrogen (secondary N) is 1. The Labute approximate surface area is 150 Å². The third-order valence-corrected chi connectivity index (χ3v) is 4.37. The van der Waals surface area contributed by atoms with Crippen molar-refractivity contribution in [1.29, 1.82) is 0 Å². The van der Waals surface area contributed by atoms with E-state index in [1.165, 1.54) is 4.90 Å². The van der Waals surface area contributed by atoms with Gasteiger partial charge in [-0.2, -0.15) is 5.10 Å². The van der Waals surface area contributed by atoms with Crippen LogP contribution in [0.4, 0.5) is 0 Å². The number of ether oxygens (including phenoxy) is 1. The second kappa shape index (κ2) is 8.35. The number of thioether (sulfide) groups is 1. The van der Waals surface area contributed by atoms with Gasteiger partial charge in [0.1, 0.15) is 5.75 Å². The van der Waals surface area contributed by atoms with Crippen molar-refractivity contribution in [2.24, 2.45) is 5.10 Å². The van der Waals surface area contributed by atoms with E-state index in [1.807, 2.05) is 73.0 Å². The zero-order valence-electron chi connectivity index (χ0n) is 13.8. The number of hydrogen-bond donors (Lipinski definition) is 1. The molecule has 0 saturated heterocycles. The van der Waals surface area contributed by atoms with E-state index < -0.39 is 0 Å². The monoisotopic (exact) mass is 350 g/mol. The molecule has 0 aliphatic carbocycles.